The minimum Gasteiger partial charge on any atom is -0.324 e. The molecule has 0 radical (unpaired) electrons. The van der Waals surface area contributed by atoms with Crippen LogP contribution in [-0.4, -0.2) is 6.21 Å². The van der Waals surface area contributed by atoms with Gasteiger partial charge in [-0.2, -0.15) is 5.10 Å². The van der Waals surface area contributed by atoms with Crippen molar-refractivity contribution >= 4 is 17.8 Å². The average Bonchev–Trinajstić information content (AvgIpc) is 2.05. The molecule has 0 heterocycles. The third-order valence-electron chi connectivity index (χ3n) is 1.68. The number of halogens is 1. The van der Waals surface area contributed by atoms with Gasteiger partial charge in [0.1, 0.15) is 0 Å². The summed E-state index contributed by atoms with van der Waals surface area (Å²) in [5.74, 6) is 5.26. The molecule has 0 aliphatic carbocycles. The van der Waals surface area contributed by atoms with Crippen molar-refractivity contribution in [3.63, 3.8) is 0 Å². The standard InChI is InChI=1S/C9H11ClN2/c1-7(6-12-11)8-3-2-4-9(10)5-8/h2-7H,11H2,1H3/b12-6+. The maximum absolute atomic E-state index is 5.81. The summed E-state index contributed by atoms with van der Waals surface area (Å²) in [7, 11) is 0. The van der Waals surface area contributed by atoms with Crippen molar-refractivity contribution in [1.29, 1.82) is 0 Å². The molecule has 2 nitrogen and oxygen atoms in total. The van der Waals surface area contributed by atoms with Crippen LogP contribution in [0.4, 0.5) is 0 Å². The van der Waals surface area contributed by atoms with E-state index in [1.165, 1.54) is 0 Å². The summed E-state index contributed by atoms with van der Waals surface area (Å²) >= 11 is 5.81. The third-order valence-corrected chi connectivity index (χ3v) is 1.92. The van der Waals surface area contributed by atoms with Crippen LogP contribution in [0, 0.1) is 0 Å². The summed E-state index contributed by atoms with van der Waals surface area (Å²) in [4.78, 5) is 0. The molecule has 0 fully saturated rings. The minimum atomic E-state index is 0.216. The van der Waals surface area contributed by atoms with Crippen LogP contribution in [0.25, 0.3) is 0 Å². The van der Waals surface area contributed by atoms with Crippen LogP contribution in [0.5, 0.6) is 0 Å². The molecule has 64 valence electrons. The van der Waals surface area contributed by atoms with E-state index >= 15 is 0 Å². The first-order valence-corrected chi connectivity index (χ1v) is 4.10. The van der Waals surface area contributed by atoms with Gasteiger partial charge in [0, 0.05) is 17.2 Å². The molecule has 0 aliphatic rings. The first kappa shape index (κ1) is 9.07. The van der Waals surface area contributed by atoms with E-state index in [4.69, 9.17) is 17.4 Å². The van der Waals surface area contributed by atoms with Crippen LogP contribution >= 0.6 is 11.6 Å². The molecule has 0 spiro atoms. The summed E-state index contributed by atoms with van der Waals surface area (Å²) in [6.07, 6.45) is 1.69. The van der Waals surface area contributed by atoms with E-state index in [0.717, 1.165) is 10.6 Å². The fraction of sp³-hybridized carbons (Fsp3) is 0.222. The molecular weight excluding hydrogens is 172 g/mol. The van der Waals surface area contributed by atoms with Gasteiger partial charge in [-0.1, -0.05) is 30.7 Å². The number of hydrazone groups is 1. The van der Waals surface area contributed by atoms with E-state index in [1.807, 2.05) is 31.2 Å². The van der Waals surface area contributed by atoms with Crippen molar-refractivity contribution in [2.45, 2.75) is 12.8 Å². The lowest BCUT2D eigenvalue weighted by atomic mass is 10.0. The van der Waals surface area contributed by atoms with E-state index in [-0.39, 0.29) is 5.92 Å². The second-order valence-corrected chi connectivity index (χ2v) is 3.08. The Kier molecular flexibility index (Phi) is 3.11. The van der Waals surface area contributed by atoms with E-state index in [1.54, 1.807) is 6.21 Å². The number of nitrogens with two attached hydrogens (primary N) is 1. The largest absolute Gasteiger partial charge is 0.324 e. The molecule has 2 N–H and O–H groups in total. The van der Waals surface area contributed by atoms with Gasteiger partial charge in [0.2, 0.25) is 0 Å². The molecule has 3 heteroatoms. The smallest absolute Gasteiger partial charge is 0.0408 e. The fourth-order valence-corrected chi connectivity index (χ4v) is 1.20. The summed E-state index contributed by atoms with van der Waals surface area (Å²) in [5, 5.41) is 4.21. The summed E-state index contributed by atoms with van der Waals surface area (Å²) in [6.45, 7) is 2.02. The lowest BCUT2D eigenvalue weighted by molar-refractivity contribution is 1.03. The zero-order valence-corrected chi connectivity index (χ0v) is 7.62. The molecule has 1 atom stereocenters. The number of rotatable bonds is 2. The molecule has 1 aromatic rings. The predicted molar refractivity (Wildman–Crippen MR) is 52.5 cm³/mol. The van der Waals surface area contributed by atoms with Crippen molar-refractivity contribution in [3.05, 3.63) is 34.9 Å². The van der Waals surface area contributed by atoms with E-state index in [0.29, 0.717) is 0 Å². The van der Waals surface area contributed by atoms with Crippen molar-refractivity contribution < 1.29 is 0 Å². The monoisotopic (exact) mass is 182 g/mol. The lowest BCUT2D eigenvalue weighted by Gasteiger charge is -2.04. The van der Waals surface area contributed by atoms with Crippen molar-refractivity contribution in [2.75, 3.05) is 0 Å². The summed E-state index contributed by atoms with van der Waals surface area (Å²) in [5.41, 5.74) is 1.12. The van der Waals surface area contributed by atoms with Crippen LogP contribution in [0.3, 0.4) is 0 Å². The Hall–Kier alpha value is -1.02. The number of hydrogen-bond acceptors (Lipinski definition) is 2. The highest BCUT2D eigenvalue weighted by molar-refractivity contribution is 6.30. The molecule has 0 saturated carbocycles. The Bertz CT molecular complexity index is 284. The zero-order valence-electron chi connectivity index (χ0n) is 6.87. The quantitative estimate of drug-likeness (QED) is 0.426. The van der Waals surface area contributed by atoms with Gasteiger partial charge in [-0.3, -0.25) is 0 Å². The maximum atomic E-state index is 5.81. The number of benzene rings is 1. The van der Waals surface area contributed by atoms with Gasteiger partial charge < -0.3 is 5.84 Å². The Morgan fingerprint density at radius 2 is 2.33 bits per heavy atom. The van der Waals surface area contributed by atoms with Crippen LogP contribution in [0.2, 0.25) is 5.02 Å². The second kappa shape index (κ2) is 4.12. The van der Waals surface area contributed by atoms with Crippen molar-refractivity contribution in [3.8, 4) is 0 Å². The van der Waals surface area contributed by atoms with Gasteiger partial charge >= 0.3 is 0 Å². The van der Waals surface area contributed by atoms with Gasteiger partial charge in [-0.15, -0.1) is 0 Å². The first-order chi connectivity index (χ1) is 5.74. The SMILES string of the molecule is CC(/C=N/N)c1cccc(Cl)c1. The molecule has 1 unspecified atom stereocenters. The normalized spacial score (nSPS) is 13.5. The van der Waals surface area contributed by atoms with Gasteiger partial charge in [-0.05, 0) is 17.7 Å². The topological polar surface area (TPSA) is 38.4 Å². The van der Waals surface area contributed by atoms with Crippen LogP contribution in [0.15, 0.2) is 29.4 Å². The zero-order chi connectivity index (χ0) is 8.97. The molecule has 1 rings (SSSR count). The van der Waals surface area contributed by atoms with E-state index in [9.17, 15) is 0 Å². The Labute approximate surface area is 77.0 Å². The molecule has 0 saturated heterocycles. The van der Waals surface area contributed by atoms with Crippen LogP contribution in [0.1, 0.15) is 18.4 Å². The highest BCUT2D eigenvalue weighted by Crippen LogP contribution is 2.17. The highest BCUT2D eigenvalue weighted by atomic mass is 35.5. The summed E-state index contributed by atoms with van der Waals surface area (Å²) in [6, 6.07) is 7.67. The molecular formula is C9H11ClN2. The maximum Gasteiger partial charge on any atom is 0.0408 e. The molecule has 0 aliphatic heterocycles. The first-order valence-electron chi connectivity index (χ1n) is 3.73. The van der Waals surface area contributed by atoms with Crippen molar-refractivity contribution in [1.82, 2.24) is 0 Å². The second-order valence-electron chi connectivity index (χ2n) is 2.64. The predicted octanol–water partition coefficient (Wildman–Crippen LogP) is 2.39. The average molecular weight is 183 g/mol. The third kappa shape index (κ3) is 2.24. The molecule has 0 amide bonds. The van der Waals surface area contributed by atoms with Gasteiger partial charge in [0.15, 0.2) is 0 Å². The Morgan fingerprint density at radius 1 is 1.58 bits per heavy atom. The van der Waals surface area contributed by atoms with E-state index in [2.05, 4.69) is 5.10 Å². The van der Waals surface area contributed by atoms with E-state index < -0.39 is 0 Å². The van der Waals surface area contributed by atoms with Crippen LogP contribution in [-0.2, 0) is 0 Å². The molecule has 0 aromatic heterocycles. The van der Waals surface area contributed by atoms with Crippen molar-refractivity contribution in [2.24, 2.45) is 10.9 Å². The summed E-state index contributed by atoms with van der Waals surface area (Å²) < 4.78 is 0. The van der Waals surface area contributed by atoms with Gasteiger partial charge in [0.25, 0.3) is 0 Å². The number of nitrogens with zero attached hydrogens (tertiary/aromatic N) is 1. The molecule has 1 aromatic carbocycles. The van der Waals surface area contributed by atoms with Gasteiger partial charge in [0.05, 0.1) is 0 Å². The number of hydrogen-bond donors (Lipinski definition) is 1. The minimum absolute atomic E-state index is 0.216. The fourth-order valence-electron chi connectivity index (χ4n) is 1.00. The Morgan fingerprint density at radius 3 is 2.92 bits per heavy atom. The van der Waals surface area contributed by atoms with Crippen LogP contribution < -0.4 is 5.84 Å². The molecule has 0 bridgehead atoms. The lowest BCUT2D eigenvalue weighted by Crippen LogP contribution is -1.96. The Balaban J connectivity index is 2.87. The molecule has 12 heavy (non-hydrogen) atoms. The highest BCUT2D eigenvalue weighted by Gasteiger charge is 2.01. The van der Waals surface area contributed by atoms with Gasteiger partial charge in [-0.25, -0.2) is 0 Å².